The highest BCUT2D eigenvalue weighted by Crippen LogP contribution is 2.32. The van der Waals surface area contributed by atoms with Crippen LogP contribution in [0.2, 0.25) is 0 Å². The van der Waals surface area contributed by atoms with E-state index >= 15 is 0 Å². The van der Waals surface area contributed by atoms with Crippen LogP contribution < -0.4 is 10.2 Å². The van der Waals surface area contributed by atoms with Gasteiger partial charge in [0, 0.05) is 37.4 Å². The molecule has 8 heteroatoms. The first kappa shape index (κ1) is 21.2. The van der Waals surface area contributed by atoms with Crippen molar-refractivity contribution in [2.45, 2.75) is 40.0 Å². The third kappa shape index (κ3) is 4.42. The number of halogens is 3. The van der Waals surface area contributed by atoms with Crippen molar-refractivity contribution >= 4 is 11.6 Å². The number of benzene rings is 1. The molecule has 158 valence electrons. The van der Waals surface area contributed by atoms with E-state index in [1.807, 2.05) is 25.3 Å². The highest BCUT2D eigenvalue weighted by molar-refractivity contribution is 5.96. The number of rotatable bonds is 5. The van der Waals surface area contributed by atoms with E-state index in [9.17, 15) is 18.0 Å². The van der Waals surface area contributed by atoms with E-state index < -0.39 is 11.7 Å². The van der Waals surface area contributed by atoms with Crippen molar-refractivity contribution < 1.29 is 22.7 Å². The molecule has 0 bridgehead atoms. The Morgan fingerprint density at radius 1 is 1.21 bits per heavy atom. The topological polar surface area (TPSA) is 46.5 Å². The monoisotopic (exact) mass is 409 g/mol. The van der Waals surface area contributed by atoms with E-state index in [4.69, 9.17) is 4.74 Å². The Morgan fingerprint density at radius 3 is 2.52 bits per heavy atom. The van der Waals surface area contributed by atoms with Gasteiger partial charge in [0.25, 0.3) is 5.91 Å². The summed E-state index contributed by atoms with van der Waals surface area (Å²) < 4.78 is 46.1. The molecule has 1 aliphatic rings. The summed E-state index contributed by atoms with van der Waals surface area (Å²) in [6, 6.07) is 5.02. The minimum absolute atomic E-state index is 0.0308. The molecular formula is C21H26F3N3O2. The van der Waals surface area contributed by atoms with Crippen molar-refractivity contribution in [2.75, 3.05) is 31.2 Å². The molecular weight excluding hydrogens is 383 g/mol. The van der Waals surface area contributed by atoms with Crippen molar-refractivity contribution in [1.82, 2.24) is 9.88 Å². The molecule has 1 aliphatic heterocycles. The van der Waals surface area contributed by atoms with Crippen molar-refractivity contribution in [3.05, 3.63) is 52.3 Å². The van der Waals surface area contributed by atoms with Crippen LogP contribution in [0.5, 0.6) is 0 Å². The van der Waals surface area contributed by atoms with Crippen molar-refractivity contribution in [2.24, 2.45) is 0 Å². The number of ether oxygens (including phenoxy) is 1. The number of morpholine rings is 1. The number of nitrogens with zero attached hydrogens (tertiary/aromatic N) is 2. The minimum Gasteiger partial charge on any atom is -0.378 e. The minimum atomic E-state index is -4.41. The van der Waals surface area contributed by atoms with Crippen molar-refractivity contribution in [1.29, 1.82) is 0 Å². The molecule has 0 atom stereocenters. The lowest BCUT2D eigenvalue weighted by atomic mass is 10.1. The normalized spacial score (nSPS) is 14.9. The molecule has 1 aromatic carbocycles. The summed E-state index contributed by atoms with van der Waals surface area (Å²) in [6.45, 7) is 9.36. The quantitative estimate of drug-likeness (QED) is 0.815. The second kappa shape index (κ2) is 8.49. The summed E-state index contributed by atoms with van der Waals surface area (Å²) in [5.41, 5.74) is 3.18. The summed E-state index contributed by atoms with van der Waals surface area (Å²) in [4.78, 5) is 15.2. The Morgan fingerprint density at radius 2 is 1.90 bits per heavy atom. The number of anilines is 1. The molecule has 5 nitrogen and oxygen atoms in total. The van der Waals surface area contributed by atoms with Gasteiger partial charge >= 0.3 is 6.18 Å². The van der Waals surface area contributed by atoms with Gasteiger partial charge in [-0.2, -0.15) is 13.2 Å². The first-order valence-corrected chi connectivity index (χ1v) is 9.70. The predicted molar refractivity (Wildman–Crippen MR) is 105 cm³/mol. The lowest BCUT2D eigenvalue weighted by molar-refractivity contribution is -0.137. The van der Waals surface area contributed by atoms with Crippen molar-refractivity contribution in [3.8, 4) is 0 Å². The van der Waals surface area contributed by atoms with Gasteiger partial charge in [0.05, 0.1) is 24.5 Å². The lowest BCUT2D eigenvalue weighted by Gasteiger charge is -2.29. The van der Waals surface area contributed by atoms with Gasteiger partial charge in [-0.15, -0.1) is 0 Å². The highest BCUT2D eigenvalue weighted by Gasteiger charge is 2.30. The van der Waals surface area contributed by atoms with Crippen LogP contribution in [0.1, 0.15) is 39.8 Å². The molecule has 3 rings (SSSR count). The molecule has 1 fully saturated rings. The third-order valence-electron chi connectivity index (χ3n) is 5.29. The number of aromatic nitrogens is 1. The van der Waals surface area contributed by atoms with E-state index in [2.05, 4.69) is 10.2 Å². The van der Waals surface area contributed by atoms with Crippen LogP contribution in [0.3, 0.4) is 0 Å². The average molecular weight is 409 g/mol. The van der Waals surface area contributed by atoms with Crippen LogP contribution in [-0.2, 0) is 24.0 Å². The van der Waals surface area contributed by atoms with Gasteiger partial charge in [-0.3, -0.25) is 4.79 Å². The van der Waals surface area contributed by atoms with Gasteiger partial charge in [0.1, 0.15) is 5.69 Å². The Kier molecular flexibility index (Phi) is 6.21. The van der Waals surface area contributed by atoms with E-state index in [1.165, 1.54) is 6.07 Å². The average Bonchev–Trinajstić information content (AvgIpc) is 2.96. The maximum atomic E-state index is 13.0. The fourth-order valence-corrected chi connectivity index (χ4v) is 3.95. The molecule has 0 radical (unpaired) electrons. The predicted octanol–water partition coefficient (Wildman–Crippen LogP) is 3.91. The molecule has 0 aliphatic carbocycles. The number of hydrogen-bond donors (Lipinski definition) is 1. The number of hydrogen-bond acceptors (Lipinski definition) is 3. The van der Waals surface area contributed by atoms with Gasteiger partial charge in [-0.1, -0.05) is 12.1 Å². The molecule has 1 N–H and O–H groups in total. The molecule has 29 heavy (non-hydrogen) atoms. The zero-order valence-electron chi connectivity index (χ0n) is 16.9. The van der Waals surface area contributed by atoms with Gasteiger partial charge in [0.2, 0.25) is 0 Å². The van der Waals surface area contributed by atoms with Crippen LogP contribution in [0.25, 0.3) is 0 Å². The molecule has 1 aromatic heterocycles. The first-order chi connectivity index (χ1) is 13.7. The van der Waals surface area contributed by atoms with E-state index in [0.29, 0.717) is 31.0 Å². The van der Waals surface area contributed by atoms with Gasteiger partial charge in [0.15, 0.2) is 0 Å². The lowest BCUT2D eigenvalue weighted by Crippen LogP contribution is -2.36. The van der Waals surface area contributed by atoms with Gasteiger partial charge in [-0.25, -0.2) is 0 Å². The fraction of sp³-hybridized carbons (Fsp3) is 0.476. The largest absolute Gasteiger partial charge is 0.416 e. The second-order valence-electron chi connectivity index (χ2n) is 7.13. The summed E-state index contributed by atoms with van der Waals surface area (Å²) in [5.74, 6) is -0.288. The van der Waals surface area contributed by atoms with Crippen LogP contribution in [0, 0.1) is 13.8 Å². The number of amides is 1. The highest BCUT2D eigenvalue weighted by atomic mass is 19.4. The maximum absolute atomic E-state index is 13.0. The third-order valence-corrected chi connectivity index (χ3v) is 5.29. The number of alkyl halides is 3. The zero-order valence-corrected chi connectivity index (χ0v) is 16.9. The van der Waals surface area contributed by atoms with Crippen LogP contribution in [-0.4, -0.2) is 36.8 Å². The second-order valence-corrected chi connectivity index (χ2v) is 7.13. The SMILES string of the molecule is CCn1c(C)c(N2CCOCC2)c(C)c1C(=O)NCc1cccc(C(F)(F)F)c1. The Hall–Kier alpha value is -2.48. The summed E-state index contributed by atoms with van der Waals surface area (Å²) in [5, 5.41) is 2.78. The summed E-state index contributed by atoms with van der Waals surface area (Å²) >= 11 is 0. The first-order valence-electron chi connectivity index (χ1n) is 9.70. The molecule has 0 spiro atoms. The van der Waals surface area contributed by atoms with Gasteiger partial charge in [-0.05, 0) is 38.5 Å². The van der Waals surface area contributed by atoms with Crippen LogP contribution in [0.15, 0.2) is 24.3 Å². The van der Waals surface area contributed by atoms with Crippen LogP contribution >= 0.6 is 0 Å². The van der Waals surface area contributed by atoms with Crippen molar-refractivity contribution in [3.63, 3.8) is 0 Å². The smallest absolute Gasteiger partial charge is 0.378 e. The van der Waals surface area contributed by atoms with E-state index in [0.717, 1.165) is 42.2 Å². The van der Waals surface area contributed by atoms with Crippen LogP contribution in [0.4, 0.5) is 18.9 Å². The number of nitrogens with one attached hydrogen (secondary N) is 1. The zero-order chi connectivity index (χ0) is 21.2. The summed E-state index contributed by atoms with van der Waals surface area (Å²) in [6.07, 6.45) is -4.41. The molecule has 2 heterocycles. The Labute approximate surface area is 168 Å². The fourth-order valence-electron chi connectivity index (χ4n) is 3.95. The number of carbonyl (C=O) groups excluding carboxylic acids is 1. The Balaban J connectivity index is 1.82. The summed E-state index contributed by atoms with van der Waals surface area (Å²) in [7, 11) is 0. The van der Waals surface area contributed by atoms with E-state index in [1.54, 1.807) is 6.07 Å². The molecule has 0 saturated carbocycles. The molecule has 1 saturated heterocycles. The Bertz CT molecular complexity index is 884. The maximum Gasteiger partial charge on any atom is 0.416 e. The molecule has 0 unspecified atom stereocenters. The number of carbonyl (C=O) groups is 1. The molecule has 2 aromatic rings. The standard InChI is InChI=1S/C21H26F3N3O2/c1-4-27-15(3)18(26-8-10-29-11-9-26)14(2)19(27)20(28)25-13-16-6-5-7-17(12-16)21(22,23)24/h5-7,12H,4,8-11,13H2,1-3H3,(H,25,28). The molecule has 1 amide bonds. The van der Waals surface area contributed by atoms with Gasteiger partial charge < -0.3 is 19.5 Å². The van der Waals surface area contributed by atoms with E-state index in [-0.39, 0.29) is 12.5 Å².